The summed E-state index contributed by atoms with van der Waals surface area (Å²) in [5.74, 6) is 1.54. The molecule has 3 N–H and O–H groups in total. The molecule has 2 rings (SSSR count). The van der Waals surface area contributed by atoms with Crippen LogP contribution in [0.25, 0.3) is 0 Å². The molecule has 1 saturated heterocycles. The van der Waals surface area contributed by atoms with E-state index in [1.165, 1.54) is 44.9 Å². The van der Waals surface area contributed by atoms with E-state index in [0.717, 1.165) is 37.9 Å². The van der Waals surface area contributed by atoms with Crippen LogP contribution in [0.5, 0.6) is 0 Å². The van der Waals surface area contributed by atoms with E-state index >= 15 is 0 Å². The number of hydrogen-bond donors (Lipinski definition) is 2. The number of piperidine rings is 1. The molecule has 0 aromatic rings. The zero-order valence-corrected chi connectivity index (χ0v) is 15.7. The van der Waals surface area contributed by atoms with Crippen molar-refractivity contribution in [1.82, 2.24) is 4.90 Å². The number of guanidine groups is 1. The van der Waals surface area contributed by atoms with Gasteiger partial charge in [0.1, 0.15) is 0 Å². The van der Waals surface area contributed by atoms with Crippen LogP contribution in [-0.2, 0) is 0 Å². The molecule has 1 saturated carbocycles. The van der Waals surface area contributed by atoms with Gasteiger partial charge in [-0.3, -0.25) is 4.99 Å². The van der Waals surface area contributed by atoms with E-state index in [-0.39, 0.29) is 36.0 Å². The van der Waals surface area contributed by atoms with Gasteiger partial charge in [-0.05, 0) is 43.4 Å². The van der Waals surface area contributed by atoms with Crippen LogP contribution in [0, 0.1) is 11.3 Å². The summed E-state index contributed by atoms with van der Waals surface area (Å²) in [5, 5.41) is 9.34. The van der Waals surface area contributed by atoms with Crippen LogP contribution in [0.1, 0.15) is 58.3 Å². The maximum atomic E-state index is 9.34. The SMILES string of the molecule is CC1CCN(C(N)=NCC2(CCO)CCCCC2)CC1.I. The Morgan fingerprint density at radius 2 is 1.86 bits per heavy atom. The highest BCUT2D eigenvalue weighted by Crippen LogP contribution is 2.39. The third-order valence-electron chi connectivity index (χ3n) is 5.24. The summed E-state index contributed by atoms with van der Waals surface area (Å²) < 4.78 is 0. The Balaban J connectivity index is 0.00000220. The smallest absolute Gasteiger partial charge is 0.191 e. The highest BCUT2D eigenvalue weighted by Gasteiger charge is 2.31. The number of aliphatic imine (C=N–C) groups is 1. The predicted molar refractivity (Wildman–Crippen MR) is 99.1 cm³/mol. The third kappa shape index (κ3) is 5.58. The molecule has 0 atom stereocenters. The largest absolute Gasteiger partial charge is 0.396 e. The lowest BCUT2D eigenvalue weighted by Crippen LogP contribution is -2.43. The lowest BCUT2D eigenvalue weighted by Gasteiger charge is -2.36. The minimum atomic E-state index is 0. The number of rotatable bonds is 4. The lowest BCUT2D eigenvalue weighted by molar-refractivity contribution is 0.137. The Morgan fingerprint density at radius 3 is 2.43 bits per heavy atom. The minimum Gasteiger partial charge on any atom is -0.396 e. The van der Waals surface area contributed by atoms with Crippen molar-refractivity contribution in [2.75, 3.05) is 26.2 Å². The Morgan fingerprint density at radius 1 is 1.24 bits per heavy atom. The number of hydrogen-bond acceptors (Lipinski definition) is 2. The Hall–Kier alpha value is -0.0400. The molecular weight excluding hydrogens is 377 g/mol. The van der Waals surface area contributed by atoms with Crippen LogP contribution in [0.15, 0.2) is 4.99 Å². The monoisotopic (exact) mass is 409 g/mol. The van der Waals surface area contributed by atoms with Gasteiger partial charge in [-0.25, -0.2) is 0 Å². The number of aliphatic hydroxyl groups is 1. The average Bonchev–Trinajstić information content (AvgIpc) is 2.47. The first kappa shape index (κ1) is 19.0. The molecule has 1 aliphatic heterocycles. The van der Waals surface area contributed by atoms with E-state index in [0.29, 0.717) is 0 Å². The molecule has 1 aliphatic carbocycles. The molecule has 21 heavy (non-hydrogen) atoms. The molecule has 0 amide bonds. The summed E-state index contributed by atoms with van der Waals surface area (Å²) in [4.78, 5) is 6.93. The fraction of sp³-hybridized carbons (Fsp3) is 0.938. The quantitative estimate of drug-likeness (QED) is 0.426. The van der Waals surface area contributed by atoms with Gasteiger partial charge in [0.15, 0.2) is 5.96 Å². The zero-order valence-electron chi connectivity index (χ0n) is 13.4. The first-order chi connectivity index (χ1) is 9.65. The number of aliphatic hydroxyl groups excluding tert-OH is 1. The van der Waals surface area contributed by atoms with Crippen LogP contribution < -0.4 is 5.73 Å². The van der Waals surface area contributed by atoms with E-state index in [1.54, 1.807) is 0 Å². The van der Waals surface area contributed by atoms with Crippen molar-refractivity contribution in [2.45, 2.75) is 58.3 Å². The zero-order chi connectivity index (χ0) is 14.4. The van der Waals surface area contributed by atoms with Crippen LogP contribution in [0.3, 0.4) is 0 Å². The highest BCUT2D eigenvalue weighted by atomic mass is 127. The fourth-order valence-corrected chi connectivity index (χ4v) is 3.61. The summed E-state index contributed by atoms with van der Waals surface area (Å²) in [6, 6.07) is 0. The van der Waals surface area contributed by atoms with Gasteiger partial charge in [-0.1, -0.05) is 26.2 Å². The number of nitrogens with two attached hydrogens (primary N) is 1. The van der Waals surface area contributed by atoms with Crippen molar-refractivity contribution in [1.29, 1.82) is 0 Å². The van der Waals surface area contributed by atoms with Gasteiger partial charge in [0.2, 0.25) is 0 Å². The molecule has 1 heterocycles. The van der Waals surface area contributed by atoms with Crippen molar-refractivity contribution >= 4 is 29.9 Å². The Labute approximate surface area is 146 Å². The van der Waals surface area contributed by atoms with E-state index < -0.39 is 0 Å². The standard InChI is InChI=1S/C16H31N3O.HI/c1-14-5-10-19(11-6-14)15(17)18-13-16(9-12-20)7-3-2-4-8-16;/h14,20H,2-13H2,1H3,(H2,17,18);1H. The molecule has 5 heteroatoms. The normalized spacial score (nSPS) is 23.7. The van der Waals surface area contributed by atoms with Gasteiger partial charge in [0, 0.05) is 26.2 Å². The molecule has 0 bridgehead atoms. The van der Waals surface area contributed by atoms with E-state index in [2.05, 4.69) is 11.8 Å². The van der Waals surface area contributed by atoms with Crippen molar-refractivity contribution < 1.29 is 5.11 Å². The Bertz CT molecular complexity index is 316. The lowest BCUT2D eigenvalue weighted by atomic mass is 9.72. The molecule has 4 nitrogen and oxygen atoms in total. The summed E-state index contributed by atoms with van der Waals surface area (Å²) in [6.07, 6.45) is 9.59. The van der Waals surface area contributed by atoms with Crippen molar-refractivity contribution in [2.24, 2.45) is 22.1 Å². The van der Waals surface area contributed by atoms with Gasteiger partial charge in [-0.15, -0.1) is 24.0 Å². The van der Waals surface area contributed by atoms with E-state index in [9.17, 15) is 5.11 Å². The van der Waals surface area contributed by atoms with Crippen LogP contribution in [0.4, 0.5) is 0 Å². The summed E-state index contributed by atoms with van der Waals surface area (Å²) in [5.41, 5.74) is 6.39. The molecule has 2 aliphatic rings. The van der Waals surface area contributed by atoms with E-state index in [4.69, 9.17) is 10.7 Å². The maximum Gasteiger partial charge on any atom is 0.191 e. The summed E-state index contributed by atoms with van der Waals surface area (Å²) >= 11 is 0. The van der Waals surface area contributed by atoms with Crippen LogP contribution >= 0.6 is 24.0 Å². The topological polar surface area (TPSA) is 61.8 Å². The number of likely N-dealkylation sites (tertiary alicyclic amines) is 1. The molecule has 0 radical (unpaired) electrons. The first-order valence-electron chi connectivity index (χ1n) is 8.31. The van der Waals surface area contributed by atoms with E-state index in [1.807, 2.05) is 0 Å². The molecule has 124 valence electrons. The van der Waals surface area contributed by atoms with Gasteiger partial charge < -0.3 is 15.7 Å². The van der Waals surface area contributed by atoms with Crippen molar-refractivity contribution in [3.63, 3.8) is 0 Å². The maximum absolute atomic E-state index is 9.34. The molecular formula is C16H32IN3O. The Kier molecular flexibility index (Phi) is 8.31. The molecule has 0 unspecified atom stereocenters. The van der Waals surface area contributed by atoms with Crippen molar-refractivity contribution in [3.8, 4) is 0 Å². The van der Waals surface area contributed by atoms with Gasteiger partial charge in [0.25, 0.3) is 0 Å². The number of nitrogens with zero attached hydrogens (tertiary/aromatic N) is 2. The van der Waals surface area contributed by atoms with Crippen LogP contribution in [-0.4, -0.2) is 42.2 Å². The summed E-state index contributed by atoms with van der Waals surface area (Å²) in [7, 11) is 0. The van der Waals surface area contributed by atoms with Gasteiger partial charge in [-0.2, -0.15) is 0 Å². The second kappa shape index (κ2) is 9.18. The second-order valence-corrected chi connectivity index (χ2v) is 6.88. The second-order valence-electron chi connectivity index (χ2n) is 6.88. The third-order valence-corrected chi connectivity index (χ3v) is 5.24. The van der Waals surface area contributed by atoms with Gasteiger partial charge in [0.05, 0.1) is 0 Å². The first-order valence-corrected chi connectivity index (χ1v) is 8.31. The molecule has 2 fully saturated rings. The predicted octanol–water partition coefficient (Wildman–Crippen LogP) is 2.98. The summed E-state index contributed by atoms with van der Waals surface area (Å²) in [6.45, 7) is 5.47. The van der Waals surface area contributed by atoms with Gasteiger partial charge >= 0.3 is 0 Å². The minimum absolute atomic E-state index is 0. The average molecular weight is 409 g/mol. The van der Waals surface area contributed by atoms with Crippen molar-refractivity contribution in [3.05, 3.63) is 0 Å². The number of halogens is 1. The molecule has 0 spiro atoms. The molecule has 0 aromatic heterocycles. The van der Waals surface area contributed by atoms with Crippen LogP contribution in [0.2, 0.25) is 0 Å². The fourth-order valence-electron chi connectivity index (χ4n) is 3.61. The highest BCUT2D eigenvalue weighted by molar-refractivity contribution is 14.0. The molecule has 0 aromatic carbocycles.